The molecule has 0 bridgehead atoms. The van der Waals surface area contributed by atoms with Crippen LogP contribution in [0.5, 0.6) is 0 Å². The Balaban J connectivity index is 1.71. The molecule has 0 unspecified atom stereocenters. The zero-order chi connectivity index (χ0) is 21.7. The Bertz CT molecular complexity index is 1530. The Kier molecular flexibility index (Phi) is 4.96. The highest BCUT2D eigenvalue weighted by Crippen LogP contribution is 2.35. The highest BCUT2D eigenvalue weighted by atomic mass is 35.5. The first-order valence-corrected chi connectivity index (χ1v) is 11.4. The average molecular weight is 470 g/mol. The minimum atomic E-state index is -0.412. The predicted octanol–water partition coefficient (Wildman–Crippen LogP) is 3.90. The molecule has 31 heavy (non-hydrogen) atoms. The van der Waals surface area contributed by atoms with Crippen LogP contribution in [0.25, 0.3) is 21.4 Å². The minimum absolute atomic E-state index is 0.352. The van der Waals surface area contributed by atoms with Crippen LogP contribution in [0.15, 0.2) is 67.6 Å². The van der Waals surface area contributed by atoms with Gasteiger partial charge in [-0.05, 0) is 41.6 Å². The lowest BCUT2D eigenvalue weighted by atomic mass is 10.2. The second-order valence-electron chi connectivity index (χ2n) is 7.03. The third kappa shape index (κ3) is 3.48. The maximum Gasteiger partial charge on any atom is 0.332 e. The first-order chi connectivity index (χ1) is 14.9. The van der Waals surface area contributed by atoms with Gasteiger partial charge in [-0.1, -0.05) is 35.9 Å². The van der Waals surface area contributed by atoms with Gasteiger partial charge in [-0.2, -0.15) is 0 Å². The predicted molar refractivity (Wildman–Crippen MR) is 125 cm³/mol. The highest BCUT2D eigenvalue weighted by molar-refractivity contribution is 8.01. The lowest BCUT2D eigenvalue weighted by Crippen LogP contribution is -2.37. The molecule has 0 radical (unpaired) electrons. The molecule has 5 aromatic rings. The van der Waals surface area contributed by atoms with Crippen LogP contribution in [0.4, 0.5) is 0 Å². The number of aryl methyl sites for hydroxylation is 1. The molecule has 0 saturated carbocycles. The van der Waals surface area contributed by atoms with Gasteiger partial charge >= 0.3 is 5.69 Å². The summed E-state index contributed by atoms with van der Waals surface area (Å²) in [6, 6.07) is 15.4. The molecule has 0 aliphatic carbocycles. The summed E-state index contributed by atoms with van der Waals surface area (Å²) >= 11 is 8.98. The van der Waals surface area contributed by atoms with Crippen LogP contribution in [0.2, 0.25) is 5.02 Å². The largest absolute Gasteiger partial charge is 0.332 e. The van der Waals surface area contributed by atoms with Gasteiger partial charge in [0.15, 0.2) is 20.7 Å². The summed E-state index contributed by atoms with van der Waals surface area (Å²) < 4.78 is 6.24. The number of halogens is 1. The summed E-state index contributed by atoms with van der Waals surface area (Å²) in [5.74, 6) is 0. The Morgan fingerprint density at radius 2 is 1.74 bits per heavy atom. The molecule has 0 atom stereocenters. The maximum absolute atomic E-state index is 13.0. The van der Waals surface area contributed by atoms with E-state index in [0.29, 0.717) is 27.9 Å². The van der Waals surface area contributed by atoms with Crippen molar-refractivity contribution in [3.8, 4) is 0 Å². The Morgan fingerprint density at radius 3 is 2.48 bits per heavy atom. The van der Waals surface area contributed by atoms with Crippen molar-refractivity contribution in [2.75, 3.05) is 0 Å². The standard InChI is InChI=1S/C21H16ClN5O2S2/c1-25-17-16(18(28)26(2)21(25)29)27(11-12-7-9-13(22)10-8-12)19(24-17)31-20-23-14-5-3-4-6-15(14)30-20/h3-10H,11H2,1-2H3. The van der Waals surface area contributed by atoms with Crippen LogP contribution < -0.4 is 11.2 Å². The topological polar surface area (TPSA) is 74.7 Å². The number of nitrogens with zero attached hydrogens (tertiary/aromatic N) is 5. The summed E-state index contributed by atoms with van der Waals surface area (Å²) in [6.07, 6.45) is 0. The number of rotatable bonds is 4. The highest BCUT2D eigenvalue weighted by Gasteiger charge is 2.21. The molecule has 10 heteroatoms. The fourth-order valence-corrected chi connectivity index (χ4v) is 5.58. The van der Waals surface area contributed by atoms with Gasteiger partial charge in [-0.3, -0.25) is 13.9 Å². The monoisotopic (exact) mass is 469 g/mol. The van der Waals surface area contributed by atoms with E-state index in [2.05, 4.69) is 9.97 Å². The van der Waals surface area contributed by atoms with Crippen LogP contribution in [0, 0.1) is 0 Å². The number of fused-ring (bicyclic) bond motifs is 2. The fraction of sp³-hybridized carbons (Fsp3) is 0.143. The SMILES string of the molecule is Cn1c(=O)c2c(nc(Sc3nc4ccccc4s3)n2Cc2ccc(Cl)cc2)n(C)c1=O. The zero-order valence-corrected chi connectivity index (χ0v) is 19.0. The molecule has 3 aromatic heterocycles. The number of para-hydroxylation sites is 1. The van der Waals surface area contributed by atoms with E-state index in [9.17, 15) is 9.59 Å². The number of aromatic nitrogens is 5. The molecular weight excluding hydrogens is 454 g/mol. The van der Waals surface area contributed by atoms with Crippen molar-refractivity contribution in [3.05, 3.63) is 80.0 Å². The number of hydrogen-bond donors (Lipinski definition) is 0. The average Bonchev–Trinajstić information content (AvgIpc) is 3.33. The van der Waals surface area contributed by atoms with E-state index < -0.39 is 5.69 Å². The number of benzene rings is 2. The van der Waals surface area contributed by atoms with E-state index in [1.807, 2.05) is 53.1 Å². The minimum Gasteiger partial charge on any atom is -0.308 e. The second-order valence-corrected chi connectivity index (χ2v) is 9.72. The molecule has 0 N–H and O–H groups in total. The summed E-state index contributed by atoms with van der Waals surface area (Å²) in [5, 5.41) is 1.24. The Morgan fingerprint density at radius 1 is 1.00 bits per heavy atom. The van der Waals surface area contributed by atoms with Crippen molar-refractivity contribution in [2.45, 2.75) is 16.0 Å². The van der Waals surface area contributed by atoms with E-state index in [1.54, 1.807) is 18.4 Å². The molecule has 2 aromatic carbocycles. The Hall–Kier alpha value is -2.88. The maximum atomic E-state index is 13.0. The van der Waals surface area contributed by atoms with Crippen molar-refractivity contribution in [3.63, 3.8) is 0 Å². The third-order valence-electron chi connectivity index (χ3n) is 5.02. The van der Waals surface area contributed by atoms with Gasteiger partial charge in [0, 0.05) is 19.1 Å². The van der Waals surface area contributed by atoms with Gasteiger partial charge in [0.25, 0.3) is 5.56 Å². The zero-order valence-electron chi connectivity index (χ0n) is 16.6. The third-order valence-corrected chi connectivity index (χ3v) is 7.36. The molecule has 5 rings (SSSR count). The molecule has 7 nitrogen and oxygen atoms in total. The molecular formula is C21H16ClN5O2S2. The molecule has 0 saturated heterocycles. The van der Waals surface area contributed by atoms with E-state index >= 15 is 0 Å². The van der Waals surface area contributed by atoms with Gasteiger partial charge in [0.05, 0.1) is 16.8 Å². The van der Waals surface area contributed by atoms with Crippen LogP contribution in [0.3, 0.4) is 0 Å². The second kappa shape index (κ2) is 7.67. The summed E-state index contributed by atoms with van der Waals surface area (Å²) in [7, 11) is 3.10. The molecule has 3 heterocycles. The van der Waals surface area contributed by atoms with Crippen molar-refractivity contribution < 1.29 is 0 Å². The van der Waals surface area contributed by atoms with Crippen LogP contribution in [-0.4, -0.2) is 23.7 Å². The van der Waals surface area contributed by atoms with E-state index in [1.165, 1.54) is 23.4 Å². The van der Waals surface area contributed by atoms with Crippen molar-refractivity contribution >= 4 is 56.1 Å². The quantitative estimate of drug-likeness (QED) is 0.399. The van der Waals surface area contributed by atoms with Gasteiger partial charge in [-0.25, -0.2) is 14.8 Å². The molecule has 156 valence electrons. The normalized spacial score (nSPS) is 11.6. The number of thiazole rings is 1. The molecule has 0 aliphatic rings. The van der Waals surface area contributed by atoms with Crippen LogP contribution in [0.1, 0.15) is 5.56 Å². The molecule has 0 amide bonds. The summed E-state index contributed by atoms with van der Waals surface area (Å²) in [6.45, 7) is 0.411. The molecule has 0 spiro atoms. The Labute approximate surface area is 189 Å². The number of hydrogen-bond acceptors (Lipinski definition) is 6. The summed E-state index contributed by atoms with van der Waals surface area (Å²) in [4.78, 5) is 34.8. The van der Waals surface area contributed by atoms with Gasteiger partial charge in [0.2, 0.25) is 0 Å². The first kappa shape index (κ1) is 20.0. The van der Waals surface area contributed by atoms with Crippen molar-refractivity contribution in [1.82, 2.24) is 23.7 Å². The van der Waals surface area contributed by atoms with Crippen LogP contribution >= 0.6 is 34.7 Å². The van der Waals surface area contributed by atoms with Gasteiger partial charge < -0.3 is 4.57 Å². The van der Waals surface area contributed by atoms with Crippen molar-refractivity contribution in [1.29, 1.82) is 0 Å². The fourth-order valence-electron chi connectivity index (χ4n) is 3.40. The van der Waals surface area contributed by atoms with Crippen LogP contribution in [-0.2, 0) is 20.6 Å². The molecule has 0 aliphatic heterocycles. The van der Waals surface area contributed by atoms with E-state index in [0.717, 1.165) is 24.7 Å². The van der Waals surface area contributed by atoms with Crippen molar-refractivity contribution in [2.24, 2.45) is 14.1 Å². The number of imidazole rings is 1. The van der Waals surface area contributed by atoms with Gasteiger partial charge in [0.1, 0.15) is 0 Å². The molecule has 0 fully saturated rings. The first-order valence-electron chi connectivity index (χ1n) is 9.36. The lowest BCUT2D eigenvalue weighted by molar-refractivity contribution is 0.696. The smallest absolute Gasteiger partial charge is 0.308 e. The summed E-state index contributed by atoms with van der Waals surface area (Å²) in [5.41, 5.74) is 1.82. The van der Waals surface area contributed by atoms with E-state index in [4.69, 9.17) is 11.6 Å². The van der Waals surface area contributed by atoms with E-state index in [-0.39, 0.29) is 5.56 Å². The lowest BCUT2D eigenvalue weighted by Gasteiger charge is -2.09. The van der Waals surface area contributed by atoms with Gasteiger partial charge in [-0.15, -0.1) is 11.3 Å².